The molecule has 132 valence electrons. The Kier molecular flexibility index (Phi) is 3.23. The molecule has 24 heavy (non-hydrogen) atoms. The van der Waals surface area contributed by atoms with Crippen molar-refractivity contribution >= 4 is 11.8 Å². The molecular formula is C21H30O3. The second-order valence-corrected chi connectivity index (χ2v) is 9.62. The smallest absolute Gasteiger partial charge is 0.311 e. The molecular weight excluding hydrogens is 300 g/mol. The normalized spacial score (nSPS) is 49.9. The number of esters is 1. The lowest BCUT2D eigenvalue weighted by atomic mass is 9.40. The van der Waals surface area contributed by atoms with Crippen LogP contribution in [0.25, 0.3) is 0 Å². The maximum Gasteiger partial charge on any atom is 0.311 e. The topological polar surface area (TPSA) is 43.4 Å². The second-order valence-electron chi connectivity index (χ2n) is 9.62. The van der Waals surface area contributed by atoms with Crippen LogP contribution in [0.2, 0.25) is 0 Å². The summed E-state index contributed by atoms with van der Waals surface area (Å²) in [6, 6.07) is 0. The highest BCUT2D eigenvalue weighted by Crippen LogP contribution is 2.74. The van der Waals surface area contributed by atoms with Gasteiger partial charge in [0.05, 0.1) is 12.5 Å². The predicted molar refractivity (Wildman–Crippen MR) is 92.3 cm³/mol. The lowest BCUT2D eigenvalue weighted by molar-refractivity contribution is -0.175. The Labute approximate surface area is 145 Å². The molecule has 0 N–H and O–H groups in total. The summed E-state index contributed by atoms with van der Waals surface area (Å²) in [5.74, 6) is 0.674. The summed E-state index contributed by atoms with van der Waals surface area (Å²) in [7, 11) is 1.53. The number of fused-ring (bicyclic) bond motifs is 2. The van der Waals surface area contributed by atoms with Crippen LogP contribution in [0.4, 0.5) is 0 Å². The van der Waals surface area contributed by atoms with E-state index in [1.54, 1.807) is 0 Å². The number of ether oxygens (including phenoxy) is 1. The molecule has 0 saturated heterocycles. The fraction of sp³-hybridized carbons (Fsp3) is 0.810. The van der Waals surface area contributed by atoms with Gasteiger partial charge in [-0.15, -0.1) is 0 Å². The first-order valence-electron chi connectivity index (χ1n) is 9.56. The van der Waals surface area contributed by atoms with E-state index >= 15 is 0 Å². The van der Waals surface area contributed by atoms with E-state index in [2.05, 4.69) is 20.8 Å². The van der Waals surface area contributed by atoms with E-state index in [4.69, 9.17) is 4.74 Å². The van der Waals surface area contributed by atoms with E-state index in [0.717, 1.165) is 44.9 Å². The highest BCUT2D eigenvalue weighted by molar-refractivity contribution is 5.97. The fourth-order valence-corrected chi connectivity index (χ4v) is 7.31. The third kappa shape index (κ3) is 1.69. The van der Waals surface area contributed by atoms with Crippen LogP contribution in [0.1, 0.15) is 72.1 Å². The van der Waals surface area contributed by atoms with Crippen LogP contribution in [0.3, 0.4) is 0 Å². The van der Waals surface area contributed by atoms with Crippen molar-refractivity contribution in [3.8, 4) is 0 Å². The van der Waals surface area contributed by atoms with E-state index in [1.807, 2.05) is 6.08 Å². The molecule has 0 heterocycles. The Bertz CT molecular complexity index is 649. The largest absolute Gasteiger partial charge is 0.469 e. The van der Waals surface area contributed by atoms with Gasteiger partial charge < -0.3 is 4.74 Å². The summed E-state index contributed by atoms with van der Waals surface area (Å²) in [4.78, 5) is 25.3. The number of carbonyl (C=O) groups excluding carboxylic acids is 2. The van der Waals surface area contributed by atoms with Gasteiger partial charge in [-0.2, -0.15) is 0 Å². The molecule has 5 atom stereocenters. The van der Waals surface area contributed by atoms with Crippen molar-refractivity contribution in [2.45, 2.75) is 72.1 Å². The van der Waals surface area contributed by atoms with Crippen molar-refractivity contribution < 1.29 is 14.3 Å². The van der Waals surface area contributed by atoms with Gasteiger partial charge in [0.1, 0.15) is 0 Å². The second kappa shape index (κ2) is 4.74. The monoisotopic (exact) mass is 330 g/mol. The van der Waals surface area contributed by atoms with E-state index < -0.39 is 0 Å². The number of ketones is 1. The zero-order valence-corrected chi connectivity index (χ0v) is 15.5. The third-order valence-corrected chi connectivity index (χ3v) is 8.69. The summed E-state index contributed by atoms with van der Waals surface area (Å²) >= 11 is 0. The molecule has 0 unspecified atom stereocenters. The summed E-state index contributed by atoms with van der Waals surface area (Å²) in [6.45, 7) is 6.72. The molecule has 3 heteroatoms. The molecule has 4 rings (SSSR count). The van der Waals surface area contributed by atoms with Gasteiger partial charge in [0, 0.05) is 5.41 Å². The zero-order valence-electron chi connectivity index (χ0n) is 15.5. The lowest BCUT2D eigenvalue weighted by Gasteiger charge is -2.63. The Hall–Kier alpha value is -1.12. The van der Waals surface area contributed by atoms with Crippen LogP contribution in [-0.2, 0) is 14.3 Å². The minimum absolute atomic E-state index is 0.0325. The van der Waals surface area contributed by atoms with Gasteiger partial charge in [-0.3, -0.25) is 9.59 Å². The number of hydrogen-bond acceptors (Lipinski definition) is 3. The molecule has 3 nitrogen and oxygen atoms in total. The van der Waals surface area contributed by atoms with Crippen molar-refractivity contribution in [2.75, 3.05) is 7.11 Å². The first-order valence-corrected chi connectivity index (χ1v) is 9.56. The Balaban J connectivity index is 1.84. The lowest BCUT2D eigenvalue weighted by Crippen LogP contribution is -2.59. The van der Waals surface area contributed by atoms with Gasteiger partial charge in [-0.05, 0) is 74.7 Å². The van der Waals surface area contributed by atoms with E-state index in [9.17, 15) is 9.59 Å². The van der Waals surface area contributed by atoms with Crippen molar-refractivity contribution in [1.82, 2.24) is 0 Å². The molecule has 1 spiro atoms. The number of hydrogen-bond donors (Lipinski definition) is 0. The van der Waals surface area contributed by atoms with Gasteiger partial charge in [0.25, 0.3) is 0 Å². The van der Waals surface area contributed by atoms with Crippen molar-refractivity contribution in [3.63, 3.8) is 0 Å². The number of methoxy groups -OCH3 is 1. The van der Waals surface area contributed by atoms with Crippen LogP contribution in [0.15, 0.2) is 11.6 Å². The molecule has 0 radical (unpaired) electrons. The first-order chi connectivity index (χ1) is 11.2. The molecule has 0 aromatic carbocycles. The van der Waals surface area contributed by atoms with Crippen LogP contribution in [-0.4, -0.2) is 18.9 Å². The minimum Gasteiger partial charge on any atom is -0.469 e. The van der Waals surface area contributed by atoms with Crippen molar-refractivity contribution in [3.05, 3.63) is 11.6 Å². The van der Waals surface area contributed by atoms with Crippen LogP contribution in [0, 0.1) is 27.6 Å². The quantitative estimate of drug-likeness (QED) is 0.667. The maximum absolute atomic E-state index is 12.7. The Morgan fingerprint density at radius 1 is 1.17 bits per heavy atom. The molecule has 0 aliphatic heterocycles. The zero-order chi connectivity index (χ0) is 17.4. The average Bonchev–Trinajstić information content (AvgIpc) is 2.87. The maximum atomic E-state index is 12.7. The van der Waals surface area contributed by atoms with Gasteiger partial charge in [0.2, 0.25) is 0 Å². The standard InChI is InChI=1S/C21H30O3/c1-18-10-11-21(13-18)14(12-16(18)22)6-7-15-19(2,17(23)24-4)8-5-9-20(15,21)3/h12,15H,5-11,13H2,1-4H3/t15-,18-,19+,20-,21-/m0/s1. The van der Waals surface area contributed by atoms with E-state index in [0.29, 0.717) is 11.7 Å². The Morgan fingerprint density at radius 2 is 1.92 bits per heavy atom. The SMILES string of the molecule is COC(=O)[C@]1(C)CCC[C@@]2(C)[C@H]1CCC1=CC(=O)[C@@]3(C)CC[C@]12C3. The highest BCUT2D eigenvalue weighted by atomic mass is 16.5. The van der Waals surface area contributed by atoms with Gasteiger partial charge >= 0.3 is 5.97 Å². The molecule has 2 bridgehead atoms. The average molecular weight is 330 g/mol. The minimum atomic E-state index is -0.373. The number of rotatable bonds is 1. The predicted octanol–water partition coefficient (Wildman–Crippen LogP) is 4.45. The van der Waals surface area contributed by atoms with Crippen LogP contribution >= 0.6 is 0 Å². The van der Waals surface area contributed by atoms with E-state index in [-0.39, 0.29) is 27.6 Å². The summed E-state index contributed by atoms with van der Waals surface area (Å²) in [6.07, 6.45) is 10.3. The Morgan fingerprint density at radius 3 is 2.62 bits per heavy atom. The van der Waals surface area contributed by atoms with Gasteiger partial charge in [0.15, 0.2) is 5.78 Å². The highest BCUT2D eigenvalue weighted by Gasteiger charge is 2.68. The van der Waals surface area contributed by atoms with Crippen molar-refractivity contribution in [2.24, 2.45) is 27.6 Å². The van der Waals surface area contributed by atoms with Gasteiger partial charge in [-0.1, -0.05) is 25.8 Å². The summed E-state index contributed by atoms with van der Waals surface area (Å²) in [5.41, 5.74) is 1.09. The first kappa shape index (κ1) is 16.4. The number of allylic oxidation sites excluding steroid dienone is 2. The number of carbonyl (C=O) groups is 2. The molecule has 4 aliphatic carbocycles. The fourth-order valence-electron chi connectivity index (χ4n) is 7.31. The molecule has 0 aromatic rings. The van der Waals surface area contributed by atoms with Gasteiger partial charge in [-0.25, -0.2) is 0 Å². The third-order valence-electron chi connectivity index (χ3n) is 8.69. The molecule has 0 amide bonds. The summed E-state index contributed by atoms with van der Waals surface area (Å²) < 4.78 is 5.23. The van der Waals surface area contributed by atoms with Crippen molar-refractivity contribution in [1.29, 1.82) is 0 Å². The van der Waals surface area contributed by atoms with E-state index in [1.165, 1.54) is 19.1 Å². The molecule has 0 aromatic heterocycles. The molecule has 4 aliphatic rings. The van der Waals surface area contributed by atoms with Crippen LogP contribution in [0.5, 0.6) is 0 Å². The molecule has 3 saturated carbocycles. The summed E-state index contributed by atoms with van der Waals surface area (Å²) in [5, 5.41) is 0. The van der Waals surface area contributed by atoms with Crippen LogP contribution < -0.4 is 0 Å². The molecule has 3 fully saturated rings.